The van der Waals surface area contributed by atoms with E-state index in [1.165, 1.54) is 12.5 Å². The van der Waals surface area contributed by atoms with Crippen molar-refractivity contribution in [3.63, 3.8) is 0 Å². The number of carbonyl (C=O) groups excluding carboxylic acids is 1. The number of carbonyl (C=O) groups is 1. The molecule has 3 heteroatoms. The number of amides is 1. The summed E-state index contributed by atoms with van der Waals surface area (Å²) in [6, 6.07) is 8.10. The van der Waals surface area contributed by atoms with Crippen LogP contribution in [0.25, 0.3) is 0 Å². The van der Waals surface area contributed by atoms with E-state index in [2.05, 4.69) is 11.4 Å². The van der Waals surface area contributed by atoms with Crippen molar-refractivity contribution in [2.24, 2.45) is 0 Å². The van der Waals surface area contributed by atoms with Crippen molar-refractivity contribution < 1.29 is 4.79 Å². The van der Waals surface area contributed by atoms with Gasteiger partial charge in [0.25, 0.3) is 0 Å². The van der Waals surface area contributed by atoms with Crippen molar-refractivity contribution in [3.05, 3.63) is 35.4 Å². The van der Waals surface area contributed by atoms with Gasteiger partial charge in [0.2, 0.25) is 5.91 Å². The first-order chi connectivity index (χ1) is 5.68. The molecule has 1 rings (SSSR count). The summed E-state index contributed by atoms with van der Waals surface area (Å²) in [5.74, 6) is 0.0107. The molecule has 0 bridgehead atoms. The van der Waals surface area contributed by atoms with Gasteiger partial charge in [-0.25, -0.2) is 0 Å². The summed E-state index contributed by atoms with van der Waals surface area (Å²) in [5.41, 5.74) is 2.36. The Labute approximate surface area is 80.9 Å². The maximum absolute atomic E-state index is 10.6. The van der Waals surface area contributed by atoms with Crippen LogP contribution in [0.1, 0.15) is 18.1 Å². The van der Waals surface area contributed by atoms with Gasteiger partial charge in [0.1, 0.15) is 0 Å². The van der Waals surface area contributed by atoms with Crippen LogP contribution < -0.4 is 5.32 Å². The molecule has 1 aromatic rings. The molecule has 0 aliphatic heterocycles. The Balaban J connectivity index is 0.00000144. The SMILES string of the molecule is CC(=O)NCc1cccc(C)c1.[B]. The first-order valence-corrected chi connectivity index (χ1v) is 3.98. The van der Waals surface area contributed by atoms with Crippen molar-refractivity contribution in [2.45, 2.75) is 20.4 Å². The van der Waals surface area contributed by atoms with Crippen molar-refractivity contribution in [1.82, 2.24) is 5.32 Å². The summed E-state index contributed by atoms with van der Waals surface area (Å²) in [7, 11) is 0. The zero-order valence-electron chi connectivity index (χ0n) is 8.00. The molecule has 0 aliphatic rings. The highest BCUT2D eigenvalue weighted by Gasteiger charge is 1.93. The number of rotatable bonds is 2. The maximum atomic E-state index is 10.6. The number of benzene rings is 1. The molecule has 0 spiro atoms. The summed E-state index contributed by atoms with van der Waals surface area (Å²) in [6.45, 7) is 4.18. The molecule has 3 radical (unpaired) electrons. The fraction of sp³-hybridized carbons (Fsp3) is 0.300. The molecule has 1 aromatic carbocycles. The van der Waals surface area contributed by atoms with Crippen LogP contribution in [0.4, 0.5) is 0 Å². The molecule has 0 saturated carbocycles. The second-order valence-electron chi connectivity index (χ2n) is 2.90. The normalized spacial score (nSPS) is 8.77. The van der Waals surface area contributed by atoms with Gasteiger partial charge < -0.3 is 5.32 Å². The lowest BCUT2D eigenvalue weighted by Crippen LogP contribution is -2.18. The van der Waals surface area contributed by atoms with E-state index in [1.54, 1.807) is 0 Å². The molecule has 0 heterocycles. The van der Waals surface area contributed by atoms with Gasteiger partial charge in [-0.1, -0.05) is 29.8 Å². The fourth-order valence-corrected chi connectivity index (χ4v) is 1.05. The number of hydrogen-bond acceptors (Lipinski definition) is 1. The minimum Gasteiger partial charge on any atom is -0.352 e. The summed E-state index contributed by atoms with van der Waals surface area (Å²) >= 11 is 0. The van der Waals surface area contributed by atoms with Crippen LogP contribution in [0, 0.1) is 6.92 Å². The van der Waals surface area contributed by atoms with Crippen molar-refractivity contribution in [2.75, 3.05) is 0 Å². The van der Waals surface area contributed by atoms with E-state index < -0.39 is 0 Å². The van der Waals surface area contributed by atoms with Gasteiger partial charge in [0.15, 0.2) is 0 Å². The monoisotopic (exact) mass is 174 g/mol. The van der Waals surface area contributed by atoms with Gasteiger partial charge in [-0.2, -0.15) is 0 Å². The lowest BCUT2D eigenvalue weighted by atomic mass is 10.1. The zero-order chi connectivity index (χ0) is 8.97. The number of nitrogens with one attached hydrogen (secondary N) is 1. The first-order valence-electron chi connectivity index (χ1n) is 3.98. The third-order valence-corrected chi connectivity index (χ3v) is 1.62. The Morgan fingerprint density at radius 3 is 2.69 bits per heavy atom. The molecule has 0 aliphatic carbocycles. The van der Waals surface area contributed by atoms with E-state index in [0.717, 1.165) is 5.56 Å². The summed E-state index contributed by atoms with van der Waals surface area (Å²) < 4.78 is 0. The Bertz CT molecular complexity index is 286. The van der Waals surface area contributed by atoms with Gasteiger partial charge in [-0.05, 0) is 12.5 Å². The van der Waals surface area contributed by atoms with Crippen molar-refractivity contribution in [3.8, 4) is 0 Å². The van der Waals surface area contributed by atoms with Crippen LogP contribution in [-0.2, 0) is 11.3 Å². The Hall–Kier alpha value is -1.25. The molecular weight excluding hydrogens is 161 g/mol. The molecule has 13 heavy (non-hydrogen) atoms. The molecular formula is C10H13BNO. The van der Waals surface area contributed by atoms with Gasteiger partial charge in [-0.15, -0.1) is 0 Å². The van der Waals surface area contributed by atoms with Crippen LogP contribution in [0.5, 0.6) is 0 Å². The second kappa shape index (κ2) is 5.41. The third-order valence-electron chi connectivity index (χ3n) is 1.62. The molecule has 67 valence electrons. The molecule has 0 aromatic heterocycles. The highest BCUT2D eigenvalue weighted by molar-refractivity contribution is 5.75. The smallest absolute Gasteiger partial charge is 0.217 e. The molecule has 0 atom stereocenters. The summed E-state index contributed by atoms with van der Waals surface area (Å²) in [5, 5.41) is 2.75. The van der Waals surface area contributed by atoms with E-state index in [4.69, 9.17) is 0 Å². The largest absolute Gasteiger partial charge is 0.352 e. The lowest BCUT2D eigenvalue weighted by Gasteiger charge is -2.02. The Morgan fingerprint density at radius 1 is 1.46 bits per heavy atom. The van der Waals surface area contributed by atoms with Gasteiger partial charge in [0.05, 0.1) is 0 Å². The minimum atomic E-state index is 0. The average molecular weight is 174 g/mol. The maximum Gasteiger partial charge on any atom is 0.217 e. The third kappa shape index (κ3) is 4.36. The van der Waals surface area contributed by atoms with Crippen LogP contribution >= 0.6 is 0 Å². The van der Waals surface area contributed by atoms with Crippen LogP contribution in [-0.4, -0.2) is 14.3 Å². The van der Waals surface area contributed by atoms with Crippen molar-refractivity contribution in [1.29, 1.82) is 0 Å². The van der Waals surface area contributed by atoms with E-state index in [0.29, 0.717) is 6.54 Å². The summed E-state index contributed by atoms with van der Waals surface area (Å²) in [6.07, 6.45) is 0. The molecule has 1 amide bonds. The van der Waals surface area contributed by atoms with Gasteiger partial charge in [0, 0.05) is 21.9 Å². The van der Waals surface area contributed by atoms with E-state index in [-0.39, 0.29) is 14.3 Å². The molecule has 1 N–H and O–H groups in total. The predicted molar refractivity (Wildman–Crippen MR) is 54.5 cm³/mol. The quantitative estimate of drug-likeness (QED) is 0.671. The second-order valence-corrected chi connectivity index (χ2v) is 2.90. The fourth-order valence-electron chi connectivity index (χ4n) is 1.05. The number of hydrogen-bond donors (Lipinski definition) is 1. The zero-order valence-corrected chi connectivity index (χ0v) is 8.00. The predicted octanol–water partition coefficient (Wildman–Crippen LogP) is 1.25. The summed E-state index contributed by atoms with van der Waals surface area (Å²) in [4.78, 5) is 10.6. The average Bonchev–Trinajstić information content (AvgIpc) is 2.01. The molecule has 2 nitrogen and oxygen atoms in total. The Kier molecular flexibility index (Phi) is 4.89. The van der Waals surface area contributed by atoms with E-state index >= 15 is 0 Å². The van der Waals surface area contributed by atoms with Crippen LogP contribution in [0.2, 0.25) is 0 Å². The highest BCUT2D eigenvalue weighted by atomic mass is 16.1. The number of aryl methyl sites for hydroxylation is 1. The Morgan fingerprint density at radius 2 is 2.15 bits per heavy atom. The standard InChI is InChI=1S/C10H13NO.B/c1-8-4-3-5-10(6-8)7-11-9(2)12;/h3-6H,7H2,1-2H3,(H,11,12);. The van der Waals surface area contributed by atoms with Crippen LogP contribution in [0.15, 0.2) is 24.3 Å². The van der Waals surface area contributed by atoms with Gasteiger partial charge >= 0.3 is 0 Å². The molecule has 0 saturated heterocycles. The molecule has 0 fully saturated rings. The highest BCUT2D eigenvalue weighted by Crippen LogP contribution is 2.02. The minimum absolute atomic E-state index is 0. The van der Waals surface area contributed by atoms with Gasteiger partial charge in [-0.3, -0.25) is 4.79 Å². The topological polar surface area (TPSA) is 29.1 Å². The lowest BCUT2D eigenvalue weighted by molar-refractivity contribution is -0.119. The first kappa shape index (κ1) is 11.8. The van der Waals surface area contributed by atoms with Crippen molar-refractivity contribution >= 4 is 14.3 Å². The van der Waals surface area contributed by atoms with Crippen LogP contribution in [0.3, 0.4) is 0 Å². The molecule has 0 unspecified atom stereocenters. The van der Waals surface area contributed by atoms with E-state index in [9.17, 15) is 4.79 Å². The van der Waals surface area contributed by atoms with E-state index in [1.807, 2.05) is 25.1 Å².